The fourth-order valence-corrected chi connectivity index (χ4v) is 3.95. The van der Waals surface area contributed by atoms with E-state index in [9.17, 15) is 4.79 Å². The zero-order valence-electron chi connectivity index (χ0n) is 12.6. The van der Waals surface area contributed by atoms with Crippen LogP contribution in [0.5, 0.6) is 0 Å². The smallest absolute Gasteiger partial charge is 0.260 e. The highest BCUT2D eigenvalue weighted by Gasteiger charge is 2.26. The van der Waals surface area contributed by atoms with Crippen molar-refractivity contribution in [2.75, 3.05) is 13.1 Å². The molecule has 1 aromatic heterocycles. The third-order valence-corrected chi connectivity index (χ3v) is 5.31. The molecule has 0 spiro atoms. The van der Waals surface area contributed by atoms with E-state index in [1.807, 2.05) is 6.07 Å². The van der Waals surface area contributed by atoms with Gasteiger partial charge in [-0.2, -0.15) is 0 Å². The van der Waals surface area contributed by atoms with Gasteiger partial charge in [-0.25, -0.2) is 4.98 Å². The molecule has 1 aromatic carbocycles. The van der Waals surface area contributed by atoms with Gasteiger partial charge in [0.2, 0.25) is 0 Å². The van der Waals surface area contributed by atoms with Crippen molar-refractivity contribution in [1.29, 1.82) is 0 Å². The second-order valence-corrected chi connectivity index (χ2v) is 6.77. The number of amides is 1. The molecule has 0 saturated carbocycles. The summed E-state index contributed by atoms with van der Waals surface area (Å²) in [6, 6.07) is 10.9. The number of hydrogen-bond donors (Lipinski definition) is 1. The first-order valence-corrected chi connectivity index (χ1v) is 8.59. The Morgan fingerprint density at radius 1 is 1.32 bits per heavy atom. The average Bonchev–Trinajstić information content (AvgIpc) is 3.04. The van der Waals surface area contributed by atoms with Crippen molar-refractivity contribution < 1.29 is 4.79 Å². The minimum absolute atomic E-state index is 0.329. The summed E-state index contributed by atoms with van der Waals surface area (Å²) in [4.78, 5) is 18.8. The van der Waals surface area contributed by atoms with Gasteiger partial charge in [-0.05, 0) is 31.4 Å². The second kappa shape index (κ2) is 7.03. The molecule has 1 fully saturated rings. The van der Waals surface area contributed by atoms with Crippen LogP contribution in [0.2, 0.25) is 0 Å². The highest BCUT2D eigenvalue weighted by molar-refractivity contribution is 7.13. The monoisotopic (exact) mass is 315 g/mol. The third kappa shape index (κ3) is 3.54. The molecule has 1 saturated heterocycles. The Balaban J connectivity index is 1.69. The molecular formula is C17H21N3OS. The number of hydrogen-bond acceptors (Lipinski definition) is 4. The van der Waals surface area contributed by atoms with Gasteiger partial charge in [-0.1, -0.05) is 36.8 Å². The van der Waals surface area contributed by atoms with Crippen LogP contribution in [-0.2, 0) is 6.42 Å². The lowest BCUT2D eigenvalue weighted by Gasteiger charge is -2.34. The summed E-state index contributed by atoms with van der Waals surface area (Å²) in [7, 11) is 0. The molecular weight excluding hydrogens is 294 g/mol. The van der Waals surface area contributed by atoms with Crippen LogP contribution in [-0.4, -0.2) is 28.9 Å². The number of piperidine rings is 1. The molecule has 2 N–H and O–H groups in total. The largest absolute Gasteiger partial charge is 0.365 e. The first kappa shape index (κ1) is 15.2. The van der Waals surface area contributed by atoms with Gasteiger partial charge in [0.1, 0.15) is 9.88 Å². The fraction of sp³-hybridized carbons (Fsp3) is 0.412. The van der Waals surface area contributed by atoms with Crippen LogP contribution < -0.4 is 5.73 Å². The second-order valence-electron chi connectivity index (χ2n) is 5.71. The van der Waals surface area contributed by atoms with Gasteiger partial charge in [-0.15, -0.1) is 11.3 Å². The maximum absolute atomic E-state index is 11.3. The van der Waals surface area contributed by atoms with E-state index in [0.717, 1.165) is 30.9 Å². The van der Waals surface area contributed by atoms with Gasteiger partial charge < -0.3 is 5.73 Å². The number of carbonyl (C=O) groups is 1. The molecule has 22 heavy (non-hydrogen) atoms. The lowest BCUT2D eigenvalue weighted by Crippen LogP contribution is -2.34. The maximum atomic E-state index is 11.3. The molecule has 5 heteroatoms. The number of thiazole rings is 1. The van der Waals surface area contributed by atoms with Crippen molar-refractivity contribution in [2.24, 2.45) is 5.73 Å². The van der Waals surface area contributed by atoms with Crippen molar-refractivity contribution in [3.63, 3.8) is 0 Å². The lowest BCUT2D eigenvalue weighted by molar-refractivity contribution is 0.100. The number of aromatic nitrogens is 1. The first-order chi connectivity index (χ1) is 10.7. The standard InChI is InChI=1S/C17H21N3OS/c18-16(21)15-12-19-17(22-15)14-8-4-5-10-20(14)11-9-13-6-2-1-3-7-13/h1-3,6-7,12,14H,4-5,8-11H2,(H2,18,21)/t14-/m1/s1. The number of likely N-dealkylation sites (tertiary alicyclic amines) is 1. The predicted octanol–water partition coefficient (Wildman–Crippen LogP) is 3.01. The van der Waals surface area contributed by atoms with Crippen molar-refractivity contribution in [2.45, 2.75) is 31.7 Å². The molecule has 0 aliphatic carbocycles. The van der Waals surface area contributed by atoms with Gasteiger partial charge in [0, 0.05) is 6.54 Å². The number of primary amides is 1. The summed E-state index contributed by atoms with van der Waals surface area (Å²) in [6.07, 6.45) is 6.23. The zero-order valence-corrected chi connectivity index (χ0v) is 13.4. The normalized spacial score (nSPS) is 19.2. The summed E-state index contributed by atoms with van der Waals surface area (Å²) < 4.78 is 0. The molecule has 116 valence electrons. The molecule has 2 aromatic rings. The Bertz CT molecular complexity index is 626. The van der Waals surface area contributed by atoms with Gasteiger partial charge in [0.25, 0.3) is 5.91 Å². The van der Waals surface area contributed by atoms with E-state index in [1.54, 1.807) is 6.20 Å². The summed E-state index contributed by atoms with van der Waals surface area (Å²) in [5.74, 6) is -0.379. The third-order valence-electron chi connectivity index (χ3n) is 4.20. The van der Waals surface area contributed by atoms with E-state index in [4.69, 9.17) is 5.73 Å². The zero-order chi connectivity index (χ0) is 15.4. The van der Waals surface area contributed by atoms with Crippen LogP contribution in [0.1, 0.15) is 45.5 Å². The number of carbonyl (C=O) groups excluding carboxylic acids is 1. The van der Waals surface area contributed by atoms with Crippen molar-refractivity contribution in [3.8, 4) is 0 Å². The van der Waals surface area contributed by atoms with Crippen molar-refractivity contribution in [3.05, 3.63) is 52.0 Å². The molecule has 3 rings (SSSR count). The van der Waals surface area contributed by atoms with Crippen LogP contribution in [0.4, 0.5) is 0 Å². The number of nitrogens with zero attached hydrogens (tertiary/aromatic N) is 2. The highest BCUT2D eigenvalue weighted by atomic mass is 32.1. The van der Waals surface area contributed by atoms with Crippen molar-refractivity contribution >= 4 is 17.2 Å². The van der Waals surface area contributed by atoms with Crippen molar-refractivity contribution in [1.82, 2.24) is 9.88 Å². The molecule has 1 atom stereocenters. The van der Waals surface area contributed by atoms with E-state index in [-0.39, 0.29) is 5.91 Å². The summed E-state index contributed by atoms with van der Waals surface area (Å²) in [5.41, 5.74) is 6.71. The molecule has 1 aliphatic rings. The highest BCUT2D eigenvalue weighted by Crippen LogP contribution is 2.33. The quantitative estimate of drug-likeness (QED) is 0.922. The Hall–Kier alpha value is -1.72. The predicted molar refractivity (Wildman–Crippen MR) is 88.9 cm³/mol. The molecule has 0 radical (unpaired) electrons. The first-order valence-electron chi connectivity index (χ1n) is 7.77. The minimum Gasteiger partial charge on any atom is -0.365 e. The SMILES string of the molecule is NC(=O)c1cnc([C@H]2CCCCN2CCc2ccccc2)s1. The van der Waals surface area contributed by atoms with Gasteiger partial charge in [0.15, 0.2) is 0 Å². The molecule has 1 aliphatic heterocycles. The van der Waals surface area contributed by atoms with Crippen LogP contribution in [0.3, 0.4) is 0 Å². The Kier molecular flexibility index (Phi) is 4.85. The van der Waals surface area contributed by atoms with E-state index >= 15 is 0 Å². The van der Waals surface area contributed by atoms with Crippen LogP contribution >= 0.6 is 11.3 Å². The number of benzene rings is 1. The summed E-state index contributed by atoms with van der Waals surface area (Å²) in [5, 5.41) is 1.03. The Labute approximate surface area is 135 Å². The van der Waals surface area contributed by atoms with E-state index < -0.39 is 0 Å². The number of nitrogens with two attached hydrogens (primary N) is 1. The summed E-state index contributed by atoms with van der Waals surface area (Å²) in [6.45, 7) is 2.13. The van der Waals surface area contributed by atoms with Crippen LogP contribution in [0.25, 0.3) is 0 Å². The van der Waals surface area contributed by atoms with Gasteiger partial charge in [0.05, 0.1) is 12.2 Å². The topological polar surface area (TPSA) is 59.2 Å². The Morgan fingerprint density at radius 2 is 2.14 bits per heavy atom. The van der Waals surface area contributed by atoms with Crippen LogP contribution in [0, 0.1) is 0 Å². The van der Waals surface area contributed by atoms with E-state index in [1.165, 1.54) is 29.7 Å². The molecule has 1 amide bonds. The fourth-order valence-electron chi connectivity index (χ4n) is 3.01. The van der Waals surface area contributed by atoms with E-state index in [0.29, 0.717) is 10.9 Å². The van der Waals surface area contributed by atoms with Gasteiger partial charge in [-0.3, -0.25) is 9.69 Å². The lowest BCUT2D eigenvalue weighted by atomic mass is 10.0. The number of rotatable bonds is 5. The molecule has 2 heterocycles. The Morgan fingerprint density at radius 3 is 2.86 bits per heavy atom. The molecule has 4 nitrogen and oxygen atoms in total. The minimum atomic E-state index is -0.379. The summed E-state index contributed by atoms with van der Waals surface area (Å²) >= 11 is 1.45. The molecule has 0 unspecified atom stereocenters. The maximum Gasteiger partial charge on any atom is 0.260 e. The van der Waals surface area contributed by atoms with E-state index in [2.05, 4.69) is 34.1 Å². The average molecular weight is 315 g/mol. The molecule has 0 bridgehead atoms. The van der Waals surface area contributed by atoms with Crippen LogP contribution in [0.15, 0.2) is 36.5 Å². The van der Waals surface area contributed by atoms with Gasteiger partial charge >= 0.3 is 0 Å².